The highest BCUT2D eigenvalue weighted by Gasteiger charge is 2.72. The molecule has 4 saturated carbocycles. The summed E-state index contributed by atoms with van der Waals surface area (Å²) < 4.78 is 5.13. The van der Waals surface area contributed by atoms with Crippen LogP contribution in [0.3, 0.4) is 0 Å². The maximum atomic E-state index is 12.1. The number of rotatable bonds is 1. The maximum absolute atomic E-state index is 12.1. The van der Waals surface area contributed by atoms with E-state index in [0.717, 1.165) is 18.4 Å². The summed E-state index contributed by atoms with van der Waals surface area (Å²) in [6.07, 6.45) is 4.48. The van der Waals surface area contributed by atoms with Gasteiger partial charge in [0.2, 0.25) is 0 Å². The van der Waals surface area contributed by atoms with Gasteiger partial charge >= 0.3 is 5.97 Å². The normalized spacial score (nSPS) is 56.8. The zero-order chi connectivity index (χ0) is 20.8. The van der Waals surface area contributed by atoms with Crippen molar-refractivity contribution < 1.29 is 30.0 Å². The molecule has 4 N–H and O–H groups in total. The van der Waals surface area contributed by atoms with Crippen LogP contribution >= 0.6 is 0 Å². The van der Waals surface area contributed by atoms with Gasteiger partial charge in [-0.25, -0.2) is 4.79 Å². The van der Waals surface area contributed by atoms with E-state index in [-0.39, 0.29) is 47.8 Å². The number of ether oxygens (including phenoxy) is 1. The van der Waals surface area contributed by atoms with E-state index in [0.29, 0.717) is 32.1 Å². The first-order valence-corrected chi connectivity index (χ1v) is 11.2. The van der Waals surface area contributed by atoms with Crippen molar-refractivity contribution in [2.45, 2.75) is 82.7 Å². The summed E-state index contributed by atoms with van der Waals surface area (Å²) in [7, 11) is 0. The van der Waals surface area contributed by atoms with Gasteiger partial charge in [-0.3, -0.25) is 0 Å². The van der Waals surface area contributed by atoms with Gasteiger partial charge in [0, 0.05) is 17.4 Å². The second-order valence-corrected chi connectivity index (χ2v) is 10.9. The third-order valence-electron chi connectivity index (χ3n) is 10.1. The summed E-state index contributed by atoms with van der Waals surface area (Å²) in [6.45, 7) is 4.42. The van der Waals surface area contributed by atoms with Crippen molar-refractivity contribution in [2.24, 2.45) is 34.5 Å². The highest BCUT2D eigenvalue weighted by atomic mass is 16.5. The van der Waals surface area contributed by atoms with Gasteiger partial charge in [-0.05, 0) is 73.7 Å². The zero-order valence-corrected chi connectivity index (χ0v) is 17.4. The Kier molecular flexibility index (Phi) is 4.33. The molecule has 5 rings (SSSR count). The first kappa shape index (κ1) is 20.0. The minimum atomic E-state index is -1.18. The first-order chi connectivity index (χ1) is 13.6. The Balaban J connectivity index is 1.55. The Hall–Kier alpha value is -0.950. The second-order valence-electron chi connectivity index (χ2n) is 10.9. The maximum Gasteiger partial charge on any atom is 0.331 e. The summed E-state index contributed by atoms with van der Waals surface area (Å²) in [6, 6.07) is 0. The summed E-state index contributed by atoms with van der Waals surface area (Å²) in [4.78, 5) is 11.7. The van der Waals surface area contributed by atoms with Gasteiger partial charge in [0.25, 0.3) is 0 Å². The van der Waals surface area contributed by atoms with Crippen LogP contribution in [-0.2, 0) is 9.53 Å². The lowest BCUT2D eigenvalue weighted by molar-refractivity contribution is -0.269. The van der Waals surface area contributed by atoms with Crippen LogP contribution in [0.1, 0.15) is 58.8 Å². The minimum Gasteiger partial charge on any atom is -0.458 e. The van der Waals surface area contributed by atoms with Crippen molar-refractivity contribution in [2.75, 3.05) is 6.61 Å². The van der Waals surface area contributed by atoms with E-state index in [1.807, 2.05) is 6.92 Å². The molecule has 0 aromatic heterocycles. The van der Waals surface area contributed by atoms with Crippen molar-refractivity contribution in [1.82, 2.24) is 0 Å². The van der Waals surface area contributed by atoms with Crippen LogP contribution in [0.2, 0.25) is 0 Å². The average Bonchev–Trinajstić information content (AvgIpc) is 3.19. The van der Waals surface area contributed by atoms with Gasteiger partial charge < -0.3 is 25.2 Å². The Morgan fingerprint density at radius 1 is 1.07 bits per heavy atom. The standard InChI is InChI=1S/C23H34O6/c1-21-5-3-14(24)8-13(21)9-17(25)20-16(21)10-18(26)22(2)15(4-6-23(20,22)28)12-7-19(27)29-11-12/h7,13-18,20,24-26,28H,3-6,8-11H2,1-2H3. The van der Waals surface area contributed by atoms with E-state index in [1.165, 1.54) is 6.08 Å². The predicted octanol–water partition coefficient (Wildman–Crippen LogP) is 1.55. The Labute approximate surface area is 172 Å². The average molecular weight is 407 g/mol. The molecule has 10 unspecified atom stereocenters. The molecule has 4 aliphatic carbocycles. The van der Waals surface area contributed by atoms with E-state index >= 15 is 0 Å². The van der Waals surface area contributed by atoms with Gasteiger partial charge in [-0.15, -0.1) is 0 Å². The van der Waals surface area contributed by atoms with Crippen molar-refractivity contribution in [3.8, 4) is 0 Å². The highest BCUT2D eigenvalue weighted by molar-refractivity contribution is 5.85. The monoisotopic (exact) mass is 406 g/mol. The van der Waals surface area contributed by atoms with Gasteiger partial charge in [0.05, 0.1) is 23.9 Å². The van der Waals surface area contributed by atoms with Crippen LogP contribution in [0, 0.1) is 34.5 Å². The van der Waals surface area contributed by atoms with E-state index in [2.05, 4.69) is 6.92 Å². The van der Waals surface area contributed by atoms with E-state index in [4.69, 9.17) is 4.74 Å². The molecule has 0 aromatic carbocycles. The van der Waals surface area contributed by atoms with Crippen LogP contribution in [0.5, 0.6) is 0 Å². The van der Waals surface area contributed by atoms with Crippen LogP contribution in [0.15, 0.2) is 11.6 Å². The number of esters is 1. The van der Waals surface area contributed by atoms with Crippen LogP contribution in [0.25, 0.3) is 0 Å². The molecule has 29 heavy (non-hydrogen) atoms. The number of aliphatic hydroxyl groups is 4. The molecule has 4 fully saturated rings. The van der Waals surface area contributed by atoms with Crippen molar-refractivity contribution in [1.29, 1.82) is 0 Å². The molecule has 0 bridgehead atoms. The van der Waals surface area contributed by atoms with Crippen molar-refractivity contribution >= 4 is 5.97 Å². The number of fused-ring (bicyclic) bond motifs is 5. The Bertz CT molecular complexity index is 750. The lowest BCUT2D eigenvalue weighted by atomic mass is 9.42. The fourth-order valence-corrected chi connectivity index (χ4v) is 8.36. The Morgan fingerprint density at radius 2 is 1.83 bits per heavy atom. The number of aliphatic hydroxyl groups excluding tert-OH is 3. The lowest BCUT2D eigenvalue weighted by Crippen LogP contribution is -2.70. The third kappa shape index (κ3) is 2.46. The SMILES string of the molecule is CC12CCC(O)CC1CC(O)C1C2CC(O)C2(C)C(C3=CC(=O)OC3)CCC12O. The van der Waals surface area contributed by atoms with Gasteiger partial charge in [0.1, 0.15) is 6.61 Å². The van der Waals surface area contributed by atoms with Crippen LogP contribution in [0.4, 0.5) is 0 Å². The summed E-state index contributed by atoms with van der Waals surface area (Å²) in [5, 5.41) is 45.0. The molecule has 6 nitrogen and oxygen atoms in total. The molecule has 1 heterocycles. The minimum absolute atomic E-state index is 0.0195. The Morgan fingerprint density at radius 3 is 2.52 bits per heavy atom. The van der Waals surface area contributed by atoms with Gasteiger partial charge in [0.15, 0.2) is 0 Å². The predicted molar refractivity (Wildman–Crippen MR) is 105 cm³/mol. The first-order valence-electron chi connectivity index (χ1n) is 11.2. The number of carbonyl (C=O) groups is 1. The molecular formula is C23H34O6. The molecule has 0 amide bonds. The summed E-state index contributed by atoms with van der Waals surface area (Å²) >= 11 is 0. The quantitative estimate of drug-likeness (QED) is 0.492. The van der Waals surface area contributed by atoms with Gasteiger partial charge in [-0.2, -0.15) is 0 Å². The highest BCUT2D eigenvalue weighted by Crippen LogP contribution is 2.69. The number of hydrogen-bond acceptors (Lipinski definition) is 6. The molecular weight excluding hydrogens is 372 g/mol. The van der Waals surface area contributed by atoms with Gasteiger partial charge in [-0.1, -0.05) is 13.8 Å². The topological polar surface area (TPSA) is 107 Å². The number of cyclic esters (lactones) is 1. The van der Waals surface area contributed by atoms with Crippen molar-refractivity contribution in [3.05, 3.63) is 11.6 Å². The fourth-order valence-electron chi connectivity index (χ4n) is 8.36. The molecule has 0 spiro atoms. The molecule has 162 valence electrons. The second kappa shape index (κ2) is 6.28. The van der Waals surface area contributed by atoms with Crippen molar-refractivity contribution in [3.63, 3.8) is 0 Å². The molecule has 0 saturated heterocycles. The molecule has 0 radical (unpaired) electrons. The number of carbonyl (C=O) groups excluding carboxylic acids is 1. The smallest absolute Gasteiger partial charge is 0.331 e. The van der Waals surface area contributed by atoms with E-state index in [9.17, 15) is 25.2 Å². The molecule has 6 heteroatoms. The number of hydrogen-bond donors (Lipinski definition) is 4. The molecule has 5 aliphatic rings. The van der Waals surface area contributed by atoms with E-state index < -0.39 is 23.2 Å². The molecule has 1 aliphatic heterocycles. The van der Waals surface area contributed by atoms with E-state index in [1.54, 1.807) is 0 Å². The summed E-state index contributed by atoms with van der Waals surface area (Å²) in [5.41, 5.74) is -1.23. The molecule has 0 aromatic rings. The van der Waals surface area contributed by atoms with Crippen LogP contribution < -0.4 is 0 Å². The van der Waals surface area contributed by atoms with Crippen LogP contribution in [-0.4, -0.2) is 56.9 Å². The summed E-state index contributed by atoms with van der Waals surface area (Å²) in [5.74, 6) is -0.540. The third-order valence-corrected chi connectivity index (χ3v) is 10.1. The zero-order valence-electron chi connectivity index (χ0n) is 17.4. The lowest BCUT2D eigenvalue weighted by Gasteiger charge is -2.66. The molecule has 10 atom stereocenters. The largest absolute Gasteiger partial charge is 0.458 e. The fraction of sp³-hybridized carbons (Fsp3) is 0.870.